The van der Waals surface area contributed by atoms with Gasteiger partial charge in [-0.2, -0.15) is 25.3 Å². The summed E-state index contributed by atoms with van der Waals surface area (Å²) >= 11 is 8.56. The van der Waals surface area contributed by atoms with Crippen molar-refractivity contribution in [3.05, 3.63) is 35.2 Å². The van der Waals surface area contributed by atoms with Gasteiger partial charge in [-0.3, -0.25) is 4.79 Å². The molecular weight excluding hydrogens is 514 g/mol. The van der Waals surface area contributed by atoms with Gasteiger partial charge < -0.3 is 14.8 Å². The van der Waals surface area contributed by atoms with Gasteiger partial charge in [0.05, 0.1) is 42.2 Å². The Bertz CT molecular complexity index is 895. The van der Waals surface area contributed by atoms with Gasteiger partial charge in [-0.25, -0.2) is 39.3 Å². The van der Waals surface area contributed by atoms with Gasteiger partial charge in [0.15, 0.2) is 0 Å². The van der Waals surface area contributed by atoms with Gasteiger partial charge in [0.1, 0.15) is 39.6 Å². The first-order valence-electron chi connectivity index (χ1n) is 11.3. The molecule has 2 rings (SSSR count). The second-order valence-corrected chi connectivity index (χ2v) is 7.56. The van der Waals surface area contributed by atoms with Crippen LogP contribution < -0.4 is 5.32 Å². The molecule has 0 fully saturated rings. The number of nitrogens with one attached hydrogen (secondary N) is 1. The third kappa shape index (κ3) is 12.1. The van der Waals surface area contributed by atoms with Gasteiger partial charge in [-0.1, -0.05) is 0 Å². The van der Waals surface area contributed by atoms with Crippen molar-refractivity contribution in [1.29, 1.82) is 0 Å². The number of aromatic nitrogens is 2. The van der Waals surface area contributed by atoms with E-state index in [9.17, 15) is 4.79 Å². The number of fused-ring (bicyclic) bond motifs is 1. The third-order valence-electron chi connectivity index (χ3n) is 4.34. The van der Waals surface area contributed by atoms with Gasteiger partial charge >= 0.3 is 0 Å². The molecule has 202 valence electrons. The Morgan fingerprint density at radius 3 is 1.83 bits per heavy atom. The highest BCUT2D eigenvalue weighted by atomic mass is 32.1. The highest BCUT2D eigenvalue weighted by Crippen LogP contribution is 2.17. The molecule has 0 atom stereocenters. The second-order valence-electron chi connectivity index (χ2n) is 6.93. The average molecular weight is 548 g/mol. The molecule has 2 aromatic rings. The van der Waals surface area contributed by atoms with Crippen molar-refractivity contribution in [2.75, 3.05) is 73.1 Å². The zero-order valence-corrected chi connectivity index (χ0v) is 22.0. The number of benzene rings is 1. The maximum atomic E-state index is 12.4. The number of rotatable bonds is 21. The maximum absolute atomic E-state index is 12.4. The van der Waals surface area contributed by atoms with Gasteiger partial charge in [0.2, 0.25) is 0 Å². The van der Waals surface area contributed by atoms with Crippen LogP contribution in [-0.2, 0) is 50.3 Å². The van der Waals surface area contributed by atoms with E-state index in [-0.39, 0.29) is 38.9 Å². The minimum atomic E-state index is -0.222. The molecule has 1 heterocycles. The first-order valence-corrected chi connectivity index (χ1v) is 12.6. The van der Waals surface area contributed by atoms with Crippen molar-refractivity contribution in [1.82, 2.24) is 15.3 Å². The third-order valence-corrected chi connectivity index (χ3v) is 4.94. The lowest BCUT2D eigenvalue weighted by Gasteiger charge is -2.09. The van der Waals surface area contributed by atoms with Gasteiger partial charge in [0.25, 0.3) is 5.91 Å². The summed E-state index contributed by atoms with van der Waals surface area (Å²) in [5.41, 5.74) is 3.38. The Balaban J connectivity index is 1.46. The molecule has 0 aliphatic heterocycles. The highest BCUT2D eigenvalue weighted by Gasteiger charge is 2.10. The van der Waals surface area contributed by atoms with E-state index in [0.29, 0.717) is 61.1 Å². The van der Waals surface area contributed by atoms with Crippen LogP contribution in [0.25, 0.3) is 11.0 Å². The molecule has 0 unspecified atom stereocenters. The van der Waals surface area contributed by atoms with E-state index in [0.717, 1.165) is 11.4 Å². The fourth-order valence-corrected chi connectivity index (χ4v) is 3.17. The first-order chi connectivity index (χ1) is 17.7. The number of hydrogen-bond acceptors (Lipinski definition) is 13. The number of methoxy groups -OCH3 is 1. The zero-order valence-electron chi connectivity index (χ0n) is 20.2. The molecule has 36 heavy (non-hydrogen) atoms. The zero-order chi connectivity index (χ0) is 25.8. The van der Waals surface area contributed by atoms with Crippen LogP contribution in [0, 0.1) is 0 Å². The molecule has 0 aliphatic carbocycles. The summed E-state index contributed by atoms with van der Waals surface area (Å²) < 4.78 is 10.2. The minimum Gasteiger partial charge on any atom is -0.382 e. The Kier molecular flexibility index (Phi) is 16.6. The van der Waals surface area contributed by atoms with E-state index in [4.69, 9.17) is 38.8 Å². The first kappa shape index (κ1) is 30.6. The molecule has 1 aromatic heterocycles. The molecule has 0 saturated heterocycles. The summed E-state index contributed by atoms with van der Waals surface area (Å²) in [6, 6.07) is 5.19. The molecular formula is C22H33N3O9S2. The van der Waals surface area contributed by atoms with Crippen LogP contribution in [0.4, 0.5) is 0 Å². The van der Waals surface area contributed by atoms with Gasteiger partial charge in [-0.05, 0) is 18.2 Å². The summed E-state index contributed by atoms with van der Waals surface area (Å²) in [6.07, 6.45) is 0. The fraction of sp³-hybridized carbons (Fsp3) is 0.591. The smallest absolute Gasteiger partial charge is 0.251 e. The lowest BCUT2D eigenvalue weighted by molar-refractivity contribution is -0.360. The van der Waals surface area contributed by atoms with Gasteiger partial charge in [0, 0.05) is 30.7 Å². The summed E-state index contributed by atoms with van der Waals surface area (Å²) in [4.78, 5) is 50.7. The summed E-state index contributed by atoms with van der Waals surface area (Å²) in [6.45, 7) is 2.81. The van der Waals surface area contributed by atoms with Crippen LogP contribution in [0.15, 0.2) is 18.2 Å². The lowest BCUT2D eigenvalue weighted by Crippen LogP contribution is -2.27. The van der Waals surface area contributed by atoms with E-state index in [1.165, 1.54) is 0 Å². The van der Waals surface area contributed by atoms with Crippen molar-refractivity contribution in [3.8, 4) is 0 Å². The van der Waals surface area contributed by atoms with E-state index >= 15 is 0 Å². The van der Waals surface area contributed by atoms with Crippen LogP contribution in [0.5, 0.6) is 0 Å². The van der Waals surface area contributed by atoms with Gasteiger partial charge in [-0.15, -0.1) is 0 Å². The molecule has 0 radical (unpaired) electrons. The fourth-order valence-electron chi connectivity index (χ4n) is 2.66. The standard InChI is InChI=1S/C22H33N3O9S2/c1-27-6-8-29-31-10-12-33-34-13-11-32-30-9-7-28-5-4-23-22(26)17-2-3-18-19(14-17)25-21(16-36)20(15-35)24-18/h2-3,14,35-36H,4-13,15-16H2,1H3,(H,23,26). The van der Waals surface area contributed by atoms with E-state index < -0.39 is 0 Å². The Morgan fingerprint density at radius 2 is 1.28 bits per heavy atom. The van der Waals surface area contributed by atoms with Crippen LogP contribution in [0.3, 0.4) is 0 Å². The molecule has 0 bridgehead atoms. The minimum absolute atomic E-state index is 0.183. The molecule has 1 amide bonds. The number of hydrogen-bond donors (Lipinski definition) is 3. The van der Waals surface area contributed by atoms with Crippen LogP contribution in [0.1, 0.15) is 21.7 Å². The SMILES string of the molecule is COCCOOCCOOCCOOCCOCCNC(=O)c1ccc2nc(CS)c(CS)nc2c1. The quantitative estimate of drug-likeness (QED) is 0.0915. The van der Waals surface area contributed by atoms with Crippen LogP contribution in [0.2, 0.25) is 0 Å². The lowest BCUT2D eigenvalue weighted by atomic mass is 10.1. The number of nitrogens with zero attached hydrogens (tertiary/aromatic N) is 2. The van der Waals surface area contributed by atoms with Crippen molar-refractivity contribution < 1.29 is 43.6 Å². The van der Waals surface area contributed by atoms with E-state index in [2.05, 4.69) is 40.5 Å². The number of ether oxygens (including phenoxy) is 2. The summed E-state index contributed by atoms with van der Waals surface area (Å²) in [5, 5.41) is 2.80. The van der Waals surface area contributed by atoms with E-state index in [1.807, 2.05) is 0 Å². The van der Waals surface area contributed by atoms with Crippen molar-refractivity contribution in [2.24, 2.45) is 0 Å². The average Bonchev–Trinajstić information content (AvgIpc) is 2.91. The number of carbonyl (C=O) groups is 1. The largest absolute Gasteiger partial charge is 0.382 e. The van der Waals surface area contributed by atoms with Crippen LogP contribution in [-0.4, -0.2) is 89.0 Å². The molecule has 12 nitrogen and oxygen atoms in total. The van der Waals surface area contributed by atoms with Crippen molar-refractivity contribution >= 4 is 42.2 Å². The Labute approximate surface area is 220 Å². The molecule has 0 spiro atoms. The normalized spacial score (nSPS) is 11.3. The Hall–Kier alpha value is -1.59. The Morgan fingerprint density at radius 1 is 0.750 bits per heavy atom. The van der Waals surface area contributed by atoms with Crippen LogP contribution >= 0.6 is 25.3 Å². The molecule has 0 saturated carbocycles. The predicted octanol–water partition coefficient (Wildman–Crippen LogP) is 1.73. The number of amides is 1. The monoisotopic (exact) mass is 547 g/mol. The molecule has 1 N–H and O–H groups in total. The topological polar surface area (TPSA) is 129 Å². The summed E-state index contributed by atoms with van der Waals surface area (Å²) in [7, 11) is 1.57. The van der Waals surface area contributed by atoms with Crippen molar-refractivity contribution in [3.63, 3.8) is 0 Å². The highest BCUT2D eigenvalue weighted by molar-refractivity contribution is 7.79. The second kappa shape index (κ2) is 19.5. The summed E-state index contributed by atoms with van der Waals surface area (Å²) in [5.74, 6) is 0.705. The number of thiol groups is 2. The molecule has 0 aliphatic rings. The maximum Gasteiger partial charge on any atom is 0.251 e. The van der Waals surface area contributed by atoms with E-state index in [1.54, 1.807) is 25.3 Å². The predicted molar refractivity (Wildman–Crippen MR) is 136 cm³/mol. The number of carbonyl (C=O) groups excluding carboxylic acids is 1. The molecule has 1 aromatic carbocycles. The van der Waals surface area contributed by atoms with Crippen molar-refractivity contribution in [2.45, 2.75) is 11.5 Å². The molecule has 14 heteroatoms.